The molecule has 5 heteroatoms. The van der Waals surface area contributed by atoms with E-state index in [1.807, 2.05) is 18.2 Å². The highest BCUT2D eigenvalue weighted by Crippen LogP contribution is 2.19. The van der Waals surface area contributed by atoms with Crippen LogP contribution in [0.1, 0.15) is 17.5 Å². The molecule has 0 aromatic heterocycles. The number of rotatable bonds is 5. The van der Waals surface area contributed by atoms with E-state index >= 15 is 0 Å². The number of hydrogen-bond donors (Lipinski definition) is 1. The average Bonchev–Trinajstić information content (AvgIpc) is 2.23. The standard InChI is InChI=1S/C11H14F3NO/c12-11(13,14)4-5-16-8-10-3-1-2-9(6-10)7-15/h1-3,6H,4-5,7-8,15H2. The molecule has 0 saturated heterocycles. The number of benzene rings is 1. The molecule has 0 amide bonds. The molecule has 2 nitrogen and oxygen atoms in total. The van der Waals surface area contributed by atoms with Gasteiger partial charge in [0.05, 0.1) is 19.6 Å². The van der Waals surface area contributed by atoms with Crippen LogP contribution in [0.3, 0.4) is 0 Å². The minimum absolute atomic E-state index is 0.184. The molecule has 90 valence electrons. The minimum atomic E-state index is -4.15. The Morgan fingerprint density at radius 3 is 2.50 bits per heavy atom. The first-order valence-corrected chi connectivity index (χ1v) is 4.93. The van der Waals surface area contributed by atoms with Gasteiger partial charge in [-0.2, -0.15) is 13.2 Å². The summed E-state index contributed by atoms with van der Waals surface area (Å²) >= 11 is 0. The van der Waals surface area contributed by atoms with E-state index < -0.39 is 12.6 Å². The summed E-state index contributed by atoms with van der Waals surface area (Å²) in [6, 6.07) is 7.30. The summed E-state index contributed by atoms with van der Waals surface area (Å²) in [7, 11) is 0. The van der Waals surface area contributed by atoms with Gasteiger partial charge in [-0.25, -0.2) is 0 Å². The van der Waals surface area contributed by atoms with Gasteiger partial charge >= 0.3 is 6.18 Å². The third-order valence-electron chi connectivity index (χ3n) is 2.03. The molecule has 1 rings (SSSR count). The minimum Gasteiger partial charge on any atom is -0.376 e. The van der Waals surface area contributed by atoms with E-state index in [1.54, 1.807) is 6.07 Å². The van der Waals surface area contributed by atoms with E-state index in [4.69, 9.17) is 10.5 Å². The largest absolute Gasteiger partial charge is 0.391 e. The van der Waals surface area contributed by atoms with Gasteiger partial charge in [-0.05, 0) is 11.1 Å². The zero-order valence-electron chi connectivity index (χ0n) is 8.76. The van der Waals surface area contributed by atoms with Crippen LogP contribution in [0.15, 0.2) is 24.3 Å². The van der Waals surface area contributed by atoms with Crippen molar-refractivity contribution in [3.05, 3.63) is 35.4 Å². The number of alkyl halides is 3. The quantitative estimate of drug-likeness (QED) is 0.793. The first kappa shape index (κ1) is 13.0. The second kappa shape index (κ2) is 5.86. The number of halogens is 3. The van der Waals surface area contributed by atoms with Crippen LogP contribution in [0.25, 0.3) is 0 Å². The highest BCUT2D eigenvalue weighted by atomic mass is 19.4. The number of ether oxygens (including phenoxy) is 1. The second-order valence-electron chi connectivity index (χ2n) is 3.44. The van der Waals surface area contributed by atoms with Crippen LogP contribution < -0.4 is 5.73 Å². The van der Waals surface area contributed by atoms with Crippen molar-refractivity contribution in [2.75, 3.05) is 6.61 Å². The lowest BCUT2D eigenvalue weighted by molar-refractivity contribution is -0.146. The van der Waals surface area contributed by atoms with E-state index in [2.05, 4.69) is 0 Å². The van der Waals surface area contributed by atoms with Crippen molar-refractivity contribution in [2.24, 2.45) is 5.73 Å². The zero-order chi connectivity index (χ0) is 12.0. The van der Waals surface area contributed by atoms with Gasteiger partial charge in [-0.15, -0.1) is 0 Å². The fourth-order valence-corrected chi connectivity index (χ4v) is 1.22. The first-order valence-electron chi connectivity index (χ1n) is 4.93. The van der Waals surface area contributed by atoms with Gasteiger partial charge in [0.15, 0.2) is 0 Å². The van der Waals surface area contributed by atoms with Gasteiger partial charge in [-0.3, -0.25) is 0 Å². The van der Waals surface area contributed by atoms with Crippen LogP contribution in [-0.4, -0.2) is 12.8 Å². The van der Waals surface area contributed by atoms with Crippen molar-refractivity contribution in [1.29, 1.82) is 0 Å². The molecule has 1 aromatic carbocycles. The Kier molecular flexibility index (Phi) is 4.76. The predicted molar refractivity (Wildman–Crippen MR) is 54.7 cm³/mol. The third-order valence-corrected chi connectivity index (χ3v) is 2.03. The lowest BCUT2D eigenvalue weighted by Crippen LogP contribution is -2.11. The van der Waals surface area contributed by atoms with E-state index in [0.717, 1.165) is 11.1 Å². The molecule has 0 saturated carbocycles. The van der Waals surface area contributed by atoms with Crippen molar-refractivity contribution >= 4 is 0 Å². The summed E-state index contributed by atoms with van der Waals surface area (Å²) in [5, 5.41) is 0. The normalized spacial score (nSPS) is 11.8. The van der Waals surface area contributed by atoms with E-state index in [1.165, 1.54) is 0 Å². The maximum atomic E-state index is 11.8. The fourth-order valence-electron chi connectivity index (χ4n) is 1.22. The van der Waals surface area contributed by atoms with E-state index in [-0.39, 0.29) is 13.2 Å². The van der Waals surface area contributed by atoms with Gasteiger partial charge in [0, 0.05) is 6.54 Å². The number of nitrogens with two attached hydrogens (primary N) is 1. The molecule has 1 aromatic rings. The summed E-state index contributed by atoms with van der Waals surface area (Å²) in [6.07, 6.45) is -5.07. The summed E-state index contributed by atoms with van der Waals surface area (Å²) in [4.78, 5) is 0. The third kappa shape index (κ3) is 5.14. The Labute approximate surface area is 92.2 Å². The summed E-state index contributed by atoms with van der Waals surface area (Å²) < 4.78 is 40.3. The highest BCUT2D eigenvalue weighted by molar-refractivity contribution is 5.22. The number of hydrogen-bond acceptors (Lipinski definition) is 2. The molecular weight excluding hydrogens is 219 g/mol. The van der Waals surface area contributed by atoms with Crippen LogP contribution in [0.5, 0.6) is 0 Å². The second-order valence-corrected chi connectivity index (χ2v) is 3.44. The van der Waals surface area contributed by atoms with E-state index in [9.17, 15) is 13.2 Å². The Balaban J connectivity index is 2.32. The van der Waals surface area contributed by atoms with Crippen LogP contribution in [-0.2, 0) is 17.9 Å². The molecule has 0 atom stereocenters. The van der Waals surface area contributed by atoms with Crippen LogP contribution in [0.4, 0.5) is 13.2 Å². The van der Waals surface area contributed by atoms with Crippen molar-refractivity contribution in [2.45, 2.75) is 25.7 Å². The van der Waals surface area contributed by atoms with Crippen LogP contribution in [0.2, 0.25) is 0 Å². The Morgan fingerprint density at radius 1 is 1.19 bits per heavy atom. The zero-order valence-corrected chi connectivity index (χ0v) is 8.76. The molecule has 0 aliphatic heterocycles. The Morgan fingerprint density at radius 2 is 1.88 bits per heavy atom. The van der Waals surface area contributed by atoms with Crippen molar-refractivity contribution in [1.82, 2.24) is 0 Å². The molecule has 16 heavy (non-hydrogen) atoms. The molecule has 0 aliphatic carbocycles. The van der Waals surface area contributed by atoms with Gasteiger partial charge < -0.3 is 10.5 Å². The van der Waals surface area contributed by atoms with Crippen molar-refractivity contribution in [3.8, 4) is 0 Å². The molecule has 2 N–H and O–H groups in total. The summed E-state index contributed by atoms with van der Waals surface area (Å²) in [5.74, 6) is 0. The fraction of sp³-hybridized carbons (Fsp3) is 0.455. The monoisotopic (exact) mass is 233 g/mol. The first-order chi connectivity index (χ1) is 7.51. The van der Waals surface area contributed by atoms with Gasteiger partial charge in [0.25, 0.3) is 0 Å². The maximum absolute atomic E-state index is 11.8. The summed E-state index contributed by atoms with van der Waals surface area (Å²) in [5.41, 5.74) is 7.22. The Hall–Kier alpha value is -1.07. The van der Waals surface area contributed by atoms with Gasteiger partial charge in [0.1, 0.15) is 0 Å². The molecule has 0 heterocycles. The van der Waals surface area contributed by atoms with E-state index in [0.29, 0.717) is 6.54 Å². The molecular formula is C11H14F3NO. The smallest absolute Gasteiger partial charge is 0.376 e. The van der Waals surface area contributed by atoms with Crippen molar-refractivity contribution in [3.63, 3.8) is 0 Å². The lowest BCUT2D eigenvalue weighted by Gasteiger charge is -2.08. The lowest BCUT2D eigenvalue weighted by atomic mass is 10.1. The van der Waals surface area contributed by atoms with Crippen molar-refractivity contribution < 1.29 is 17.9 Å². The topological polar surface area (TPSA) is 35.2 Å². The molecule has 0 fully saturated rings. The average molecular weight is 233 g/mol. The predicted octanol–water partition coefficient (Wildman–Crippen LogP) is 2.61. The highest BCUT2D eigenvalue weighted by Gasteiger charge is 2.26. The van der Waals surface area contributed by atoms with Gasteiger partial charge in [-0.1, -0.05) is 24.3 Å². The molecule has 0 unspecified atom stereocenters. The van der Waals surface area contributed by atoms with Gasteiger partial charge in [0.2, 0.25) is 0 Å². The molecule has 0 spiro atoms. The maximum Gasteiger partial charge on any atom is 0.391 e. The SMILES string of the molecule is NCc1cccc(COCCC(F)(F)F)c1. The molecule has 0 bridgehead atoms. The Bertz CT molecular complexity index is 325. The van der Waals surface area contributed by atoms with Crippen LogP contribution in [0, 0.1) is 0 Å². The molecule has 0 aliphatic rings. The molecule has 0 radical (unpaired) electrons. The summed E-state index contributed by atoms with van der Waals surface area (Å²) in [6.45, 7) is 0.288. The van der Waals surface area contributed by atoms with Crippen LogP contribution >= 0.6 is 0 Å².